The van der Waals surface area contributed by atoms with Gasteiger partial charge in [0.2, 0.25) is 0 Å². The van der Waals surface area contributed by atoms with Crippen molar-refractivity contribution in [3.63, 3.8) is 0 Å². The molecule has 0 unspecified atom stereocenters. The highest BCUT2D eigenvalue weighted by molar-refractivity contribution is 5.95. The van der Waals surface area contributed by atoms with Crippen molar-refractivity contribution in [2.24, 2.45) is 0 Å². The SMILES string of the molecule is CCOC(=O)c1ccc(C(=O)OCC)n1-c1ccc(OC(C)=O)c(OC(C)=O)c1. The van der Waals surface area contributed by atoms with Crippen molar-refractivity contribution >= 4 is 23.9 Å². The summed E-state index contributed by atoms with van der Waals surface area (Å²) in [5.41, 5.74) is 0.445. The van der Waals surface area contributed by atoms with Crippen LogP contribution in [0.4, 0.5) is 0 Å². The first-order valence-corrected chi connectivity index (χ1v) is 8.85. The minimum Gasteiger partial charge on any atom is -0.461 e. The minimum absolute atomic E-state index is 0.0129. The first-order valence-electron chi connectivity index (χ1n) is 8.85. The van der Waals surface area contributed by atoms with E-state index in [2.05, 4.69) is 0 Å². The molecule has 9 nitrogen and oxygen atoms in total. The zero-order valence-electron chi connectivity index (χ0n) is 16.5. The number of hydrogen-bond donors (Lipinski definition) is 0. The van der Waals surface area contributed by atoms with Crippen molar-refractivity contribution in [1.82, 2.24) is 4.57 Å². The molecule has 0 saturated heterocycles. The lowest BCUT2D eigenvalue weighted by molar-refractivity contribution is -0.134. The summed E-state index contributed by atoms with van der Waals surface area (Å²) in [6, 6.07) is 7.10. The maximum absolute atomic E-state index is 12.4. The molecule has 1 aromatic carbocycles. The number of rotatable bonds is 7. The van der Waals surface area contributed by atoms with Crippen molar-refractivity contribution in [1.29, 1.82) is 0 Å². The van der Waals surface area contributed by atoms with Gasteiger partial charge in [0.1, 0.15) is 11.4 Å². The van der Waals surface area contributed by atoms with Crippen molar-refractivity contribution in [3.8, 4) is 17.2 Å². The van der Waals surface area contributed by atoms with Crippen LogP contribution >= 0.6 is 0 Å². The average molecular weight is 403 g/mol. The Morgan fingerprint density at radius 1 is 0.759 bits per heavy atom. The van der Waals surface area contributed by atoms with E-state index in [0.717, 1.165) is 0 Å². The lowest BCUT2D eigenvalue weighted by Gasteiger charge is -2.15. The van der Waals surface area contributed by atoms with E-state index in [1.165, 1.54) is 48.7 Å². The van der Waals surface area contributed by atoms with E-state index in [1.54, 1.807) is 13.8 Å². The number of aromatic nitrogens is 1. The predicted molar refractivity (Wildman–Crippen MR) is 100 cm³/mol. The second-order valence-corrected chi connectivity index (χ2v) is 5.70. The van der Waals surface area contributed by atoms with Gasteiger partial charge in [-0.15, -0.1) is 0 Å². The van der Waals surface area contributed by atoms with E-state index >= 15 is 0 Å². The number of hydrogen-bond acceptors (Lipinski definition) is 8. The number of nitrogens with zero attached hydrogens (tertiary/aromatic N) is 1. The van der Waals surface area contributed by atoms with E-state index in [1.807, 2.05) is 0 Å². The molecule has 0 aliphatic carbocycles. The molecular weight excluding hydrogens is 382 g/mol. The zero-order valence-corrected chi connectivity index (χ0v) is 16.5. The summed E-state index contributed by atoms with van der Waals surface area (Å²) < 4.78 is 21.6. The Morgan fingerprint density at radius 2 is 1.24 bits per heavy atom. The molecule has 0 radical (unpaired) electrons. The third-order valence-electron chi connectivity index (χ3n) is 3.54. The Labute approximate surface area is 167 Å². The van der Waals surface area contributed by atoms with Crippen molar-refractivity contribution < 1.29 is 38.1 Å². The summed E-state index contributed by atoms with van der Waals surface area (Å²) in [4.78, 5) is 47.5. The molecule has 0 fully saturated rings. The first-order chi connectivity index (χ1) is 13.8. The molecule has 0 atom stereocenters. The molecule has 1 aromatic heterocycles. The van der Waals surface area contributed by atoms with Crippen LogP contribution in [0.15, 0.2) is 30.3 Å². The highest BCUT2D eigenvalue weighted by Gasteiger charge is 2.23. The van der Waals surface area contributed by atoms with Crippen molar-refractivity contribution in [3.05, 3.63) is 41.7 Å². The van der Waals surface area contributed by atoms with Gasteiger partial charge < -0.3 is 18.9 Å². The maximum atomic E-state index is 12.4. The molecule has 0 aliphatic rings. The number of ether oxygens (including phenoxy) is 4. The van der Waals surface area contributed by atoms with Gasteiger partial charge in [-0.05, 0) is 38.1 Å². The van der Waals surface area contributed by atoms with Crippen molar-refractivity contribution in [2.45, 2.75) is 27.7 Å². The second-order valence-electron chi connectivity index (χ2n) is 5.70. The standard InChI is InChI=1S/C20H21NO8/c1-5-26-19(24)15-8-9-16(20(25)27-6-2)21(15)14-7-10-17(28-12(3)22)18(11-14)29-13(4)23/h7-11H,5-6H2,1-4H3. The summed E-state index contributed by atoms with van der Waals surface area (Å²) >= 11 is 0. The monoisotopic (exact) mass is 403 g/mol. The summed E-state index contributed by atoms with van der Waals surface area (Å²) in [5.74, 6) is -2.59. The van der Waals surface area contributed by atoms with Crippen molar-refractivity contribution in [2.75, 3.05) is 13.2 Å². The van der Waals surface area contributed by atoms with Crippen LogP contribution in [0.5, 0.6) is 11.5 Å². The Bertz CT molecular complexity index is 908. The molecule has 9 heteroatoms. The van der Waals surface area contributed by atoms with E-state index in [-0.39, 0.29) is 36.1 Å². The molecule has 0 aliphatic heterocycles. The minimum atomic E-state index is -0.652. The molecule has 2 aromatic rings. The normalized spacial score (nSPS) is 10.2. The topological polar surface area (TPSA) is 110 Å². The van der Waals surface area contributed by atoms with E-state index in [4.69, 9.17) is 18.9 Å². The van der Waals surface area contributed by atoms with Gasteiger partial charge in [-0.25, -0.2) is 9.59 Å². The second kappa shape index (κ2) is 9.54. The third kappa shape index (κ3) is 5.22. The van der Waals surface area contributed by atoms with Gasteiger partial charge in [-0.2, -0.15) is 0 Å². The quantitative estimate of drug-likeness (QED) is 0.513. The van der Waals surface area contributed by atoms with Crippen LogP contribution in [0.2, 0.25) is 0 Å². The van der Waals surface area contributed by atoms with Crippen LogP contribution < -0.4 is 9.47 Å². The van der Waals surface area contributed by atoms with Gasteiger partial charge in [-0.3, -0.25) is 14.2 Å². The van der Waals surface area contributed by atoms with Crippen LogP contribution in [0.3, 0.4) is 0 Å². The summed E-state index contributed by atoms with van der Waals surface area (Å²) in [5, 5.41) is 0. The molecule has 154 valence electrons. The molecule has 1 heterocycles. The van der Waals surface area contributed by atoms with Gasteiger partial charge in [0.15, 0.2) is 11.5 Å². The lowest BCUT2D eigenvalue weighted by atomic mass is 10.2. The summed E-state index contributed by atoms with van der Waals surface area (Å²) in [7, 11) is 0. The van der Waals surface area contributed by atoms with Crippen LogP contribution in [-0.4, -0.2) is 41.7 Å². The lowest BCUT2D eigenvalue weighted by Crippen LogP contribution is -2.17. The first kappa shape index (κ1) is 21.7. The van der Waals surface area contributed by atoms with Crippen LogP contribution in [-0.2, 0) is 19.1 Å². The number of carbonyl (C=O) groups excluding carboxylic acids is 4. The number of esters is 4. The van der Waals surface area contributed by atoms with Crippen LogP contribution in [0, 0.1) is 0 Å². The average Bonchev–Trinajstić information content (AvgIpc) is 3.08. The molecule has 0 saturated carbocycles. The highest BCUT2D eigenvalue weighted by Crippen LogP contribution is 2.32. The molecule has 2 rings (SSSR count). The summed E-state index contributed by atoms with van der Waals surface area (Å²) in [6.07, 6.45) is 0. The Hall–Kier alpha value is -3.62. The van der Waals surface area contributed by atoms with Gasteiger partial charge in [0.05, 0.1) is 18.9 Å². The Kier molecular flexibility index (Phi) is 7.13. The fraction of sp³-hybridized carbons (Fsp3) is 0.300. The fourth-order valence-electron chi connectivity index (χ4n) is 2.55. The maximum Gasteiger partial charge on any atom is 0.355 e. The van der Waals surface area contributed by atoms with E-state index in [0.29, 0.717) is 5.69 Å². The zero-order chi connectivity index (χ0) is 21.6. The van der Waals surface area contributed by atoms with Gasteiger partial charge in [0.25, 0.3) is 0 Å². The van der Waals surface area contributed by atoms with E-state index in [9.17, 15) is 19.2 Å². The molecular formula is C20H21NO8. The molecule has 0 N–H and O–H groups in total. The number of benzene rings is 1. The molecule has 29 heavy (non-hydrogen) atoms. The van der Waals surface area contributed by atoms with Gasteiger partial charge in [-0.1, -0.05) is 0 Å². The van der Waals surface area contributed by atoms with Crippen LogP contribution in [0.1, 0.15) is 48.7 Å². The molecule has 0 spiro atoms. The van der Waals surface area contributed by atoms with Gasteiger partial charge >= 0.3 is 23.9 Å². The third-order valence-corrected chi connectivity index (χ3v) is 3.54. The number of carbonyl (C=O) groups is 4. The summed E-state index contributed by atoms with van der Waals surface area (Å²) in [6.45, 7) is 5.99. The Morgan fingerprint density at radius 3 is 1.69 bits per heavy atom. The Balaban J connectivity index is 2.65. The fourth-order valence-corrected chi connectivity index (χ4v) is 2.55. The largest absolute Gasteiger partial charge is 0.461 e. The smallest absolute Gasteiger partial charge is 0.355 e. The van der Waals surface area contributed by atoms with E-state index < -0.39 is 23.9 Å². The predicted octanol–water partition coefficient (Wildman–Crippen LogP) is 2.68. The van der Waals surface area contributed by atoms with Gasteiger partial charge in [0, 0.05) is 19.9 Å². The molecule has 0 amide bonds. The van der Waals surface area contributed by atoms with Crippen LogP contribution in [0.25, 0.3) is 5.69 Å². The highest BCUT2D eigenvalue weighted by atomic mass is 16.6. The molecule has 0 bridgehead atoms.